The molecule has 1 heterocycles. The van der Waals surface area contributed by atoms with Gasteiger partial charge in [-0.05, 0) is 12.1 Å². The molecule has 14 heavy (non-hydrogen) atoms. The summed E-state index contributed by atoms with van der Waals surface area (Å²) in [6.45, 7) is 0.497. The van der Waals surface area contributed by atoms with Gasteiger partial charge in [-0.1, -0.05) is 18.1 Å². The summed E-state index contributed by atoms with van der Waals surface area (Å²) in [5.74, 6) is 3.33. The minimum Gasteiger partial charge on any atom is -0.345 e. The number of terminal acetylenes is 1. The number of nitrogens with one attached hydrogen (secondary N) is 1. The molecule has 2 aromatic rings. The molecular formula is C11H11N3. The van der Waals surface area contributed by atoms with E-state index in [1.54, 1.807) is 0 Å². The second-order valence-electron chi connectivity index (χ2n) is 3.04. The third kappa shape index (κ3) is 1.31. The lowest BCUT2D eigenvalue weighted by Gasteiger charge is -2.01. The van der Waals surface area contributed by atoms with Crippen LogP contribution in [-0.4, -0.2) is 16.1 Å². The van der Waals surface area contributed by atoms with Crippen LogP contribution in [0, 0.1) is 12.3 Å². The minimum absolute atomic E-state index is 0.497. The van der Waals surface area contributed by atoms with Crippen LogP contribution < -0.4 is 5.32 Å². The average molecular weight is 185 g/mol. The molecule has 0 saturated carbocycles. The van der Waals surface area contributed by atoms with Gasteiger partial charge >= 0.3 is 0 Å². The molecule has 2 rings (SSSR count). The minimum atomic E-state index is 0.497. The molecular weight excluding hydrogens is 174 g/mol. The number of rotatable bonds is 2. The molecule has 0 radical (unpaired) electrons. The van der Waals surface area contributed by atoms with Crippen LogP contribution in [0.5, 0.6) is 0 Å². The molecule has 0 aliphatic heterocycles. The van der Waals surface area contributed by atoms with Gasteiger partial charge in [-0.15, -0.1) is 6.42 Å². The summed E-state index contributed by atoms with van der Waals surface area (Å²) in [4.78, 5) is 4.41. The lowest BCUT2D eigenvalue weighted by atomic mass is 10.3. The van der Waals surface area contributed by atoms with Crippen LogP contribution >= 0.6 is 0 Å². The summed E-state index contributed by atoms with van der Waals surface area (Å²) in [7, 11) is 1.97. The number of fused-ring (bicyclic) bond motifs is 1. The van der Waals surface area contributed by atoms with Crippen molar-refractivity contribution in [1.29, 1.82) is 0 Å². The number of aromatic nitrogens is 2. The maximum Gasteiger partial charge on any atom is 0.204 e. The predicted octanol–water partition coefficient (Wildman–Crippen LogP) is 1.62. The van der Waals surface area contributed by atoms with Crippen molar-refractivity contribution in [3.8, 4) is 12.3 Å². The van der Waals surface area contributed by atoms with E-state index in [0.29, 0.717) is 6.54 Å². The summed E-state index contributed by atoms with van der Waals surface area (Å²) >= 11 is 0. The van der Waals surface area contributed by atoms with Gasteiger partial charge in [0.25, 0.3) is 0 Å². The highest BCUT2D eigenvalue weighted by Crippen LogP contribution is 2.16. The Balaban J connectivity index is 2.47. The van der Waals surface area contributed by atoms with E-state index in [9.17, 15) is 0 Å². The van der Waals surface area contributed by atoms with E-state index in [0.717, 1.165) is 17.0 Å². The molecule has 1 aromatic carbocycles. The molecule has 70 valence electrons. The van der Waals surface area contributed by atoms with Crippen LogP contribution in [0.15, 0.2) is 24.3 Å². The Kier molecular flexibility index (Phi) is 2.11. The highest BCUT2D eigenvalue weighted by molar-refractivity contribution is 5.78. The van der Waals surface area contributed by atoms with Gasteiger partial charge in [0.05, 0.1) is 17.6 Å². The van der Waals surface area contributed by atoms with Crippen LogP contribution in [0.1, 0.15) is 0 Å². The molecule has 0 spiro atoms. The van der Waals surface area contributed by atoms with E-state index in [4.69, 9.17) is 6.42 Å². The molecule has 0 aliphatic carbocycles. The van der Waals surface area contributed by atoms with E-state index in [2.05, 4.69) is 16.2 Å². The Bertz CT molecular complexity index is 491. The van der Waals surface area contributed by atoms with E-state index >= 15 is 0 Å². The Labute approximate surface area is 82.8 Å². The Morgan fingerprint density at radius 1 is 1.50 bits per heavy atom. The molecule has 3 heteroatoms. The molecule has 1 aromatic heterocycles. The maximum absolute atomic E-state index is 5.17. The molecule has 0 saturated heterocycles. The predicted molar refractivity (Wildman–Crippen MR) is 58.0 cm³/mol. The molecule has 0 fully saturated rings. The smallest absolute Gasteiger partial charge is 0.204 e. The number of hydrogen-bond acceptors (Lipinski definition) is 2. The monoisotopic (exact) mass is 185 g/mol. The molecule has 3 nitrogen and oxygen atoms in total. The lowest BCUT2D eigenvalue weighted by Crippen LogP contribution is -2.04. The van der Waals surface area contributed by atoms with Crippen molar-refractivity contribution in [3.05, 3.63) is 24.3 Å². The van der Waals surface area contributed by atoms with Crippen LogP contribution in [0.25, 0.3) is 11.0 Å². The van der Waals surface area contributed by atoms with Gasteiger partial charge in [-0.3, -0.25) is 0 Å². The number of para-hydroxylation sites is 2. The summed E-state index contributed by atoms with van der Waals surface area (Å²) in [6, 6.07) is 7.98. The third-order valence-corrected chi connectivity index (χ3v) is 2.14. The van der Waals surface area contributed by atoms with Crippen LogP contribution in [0.3, 0.4) is 0 Å². The first-order chi connectivity index (χ1) is 6.83. The number of hydrogen-bond donors (Lipinski definition) is 1. The van der Waals surface area contributed by atoms with E-state index in [-0.39, 0.29) is 0 Å². The molecule has 0 amide bonds. The first kappa shape index (κ1) is 8.64. The van der Waals surface area contributed by atoms with Gasteiger partial charge in [-0.25, -0.2) is 4.98 Å². The van der Waals surface area contributed by atoms with Crippen molar-refractivity contribution < 1.29 is 0 Å². The zero-order valence-electron chi connectivity index (χ0n) is 7.99. The number of imidazole rings is 1. The summed E-state index contributed by atoms with van der Waals surface area (Å²) in [6.07, 6.45) is 5.17. The Morgan fingerprint density at radius 2 is 2.29 bits per heavy atom. The topological polar surface area (TPSA) is 29.9 Å². The number of benzene rings is 1. The second-order valence-corrected chi connectivity index (χ2v) is 3.04. The summed E-state index contributed by atoms with van der Waals surface area (Å²) < 4.78 is 1.99. The zero-order chi connectivity index (χ0) is 9.97. The Hall–Kier alpha value is -1.95. The average Bonchev–Trinajstić information content (AvgIpc) is 2.54. The van der Waals surface area contributed by atoms with Gasteiger partial charge in [-0.2, -0.15) is 0 Å². The highest BCUT2D eigenvalue weighted by Gasteiger charge is 2.04. The van der Waals surface area contributed by atoms with E-state index in [1.807, 2.05) is 35.9 Å². The van der Waals surface area contributed by atoms with Crippen LogP contribution in [0.2, 0.25) is 0 Å². The molecule has 0 atom stereocenters. The van der Waals surface area contributed by atoms with Crippen molar-refractivity contribution in [3.63, 3.8) is 0 Å². The molecule has 0 aliphatic rings. The molecule has 1 N–H and O–H groups in total. The van der Waals surface area contributed by atoms with Gasteiger partial charge in [0, 0.05) is 7.05 Å². The third-order valence-electron chi connectivity index (χ3n) is 2.14. The molecule has 0 unspecified atom stereocenters. The SMILES string of the molecule is C#CCNc1nc2ccccc2n1C. The lowest BCUT2D eigenvalue weighted by molar-refractivity contribution is 0.946. The Morgan fingerprint density at radius 3 is 3.00 bits per heavy atom. The van der Waals surface area contributed by atoms with Crippen molar-refractivity contribution in [2.45, 2.75) is 0 Å². The number of nitrogens with zero attached hydrogens (tertiary/aromatic N) is 2. The first-order valence-corrected chi connectivity index (χ1v) is 4.41. The standard InChI is InChI=1S/C11H11N3/c1-3-8-12-11-13-9-6-4-5-7-10(9)14(11)2/h1,4-7H,8H2,2H3,(H,12,13). The maximum atomic E-state index is 5.17. The van der Waals surface area contributed by atoms with Crippen molar-refractivity contribution in [2.24, 2.45) is 7.05 Å². The molecule has 0 bridgehead atoms. The first-order valence-electron chi connectivity index (χ1n) is 4.41. The van der Waals surface area contributed by atoms with Crippen molar-refractivity contribution >= 4 is 17.0 Å². The quantitative estimate of drug-likeness (QED) is 0.720. The fraction of sp³-hybridized carbons (Fsp3) is 0.182. The largest absolute Gasteiger partial charge is 0.345 e. The van der Waals surface area contributed by atoms with Crippen LogP contribution in [-0.2, 0) is 7.05 Å². The van der Waals surface area contributed by atoms with Crippen LogP contribution in [0.4, 0.5) is 5.95 Å². The summed E-state index contributed by atoms with van der Waals surface area (Å²) in [5.41, 5.74) is 2.08. The normalized spacial score (nSPS) is 10.0. The fourth-order valence-electron chi connectivity index (χ4n) is 1.43. The van der Waals surface area contributed by atoms with E-state index < -0.39 is 0 Å². The van der Waals surface area contributed by atoms with Gasteiger partial charge < -0.3 is 9.88 Å². The van der Waals surface area contributed by atoms with Gasteiger partial charge in [0.2, 0.25) is 5.95 Å². The highest BCUT2D eigenvalue weighted by atomic mass is 15.2. The van der Waals surface area contributed by atoms with E-state index in [1.165, 1.54) is 0 Å². The number of anilines is 1. The van der Waals surface area contributed by atoms with Crippen molar-refractivity contribution in [1.82, 2.24) is 9.55 Å². The number of aryl methyl sites for hydroxylation is 1. The fourth-order valence-corrected chi connectivity index (χ4v) is 1.43. The zero-order valence-corrected chi connectivity index (χ0v) is 7.99. The van der Waals surface area contributed by atoms with Gasteiger partial charge in [0.15, 0.2) is 0 Å². The van der Waals surface area contributed by atoms with Gasteiger partial charge in [0.1, 0.15) is 0 Å². The van der Waals surface area contributed by atoms with Crippen molar-refractivity contribution in [2.75, 3.05) is 11.9 Å². The summed E-state index contributed by atoms with van der Waals surface area (Å²) in [5, 5.41) is 3.07. The second kappa shape index (κ2) is 3.43.